The van der Waals surface area contributed by atoms with E-state index in [0.717, 1.165) is 5.56 Å². The van der Waals surface area contributed by atoms with Crippen molar-refractivity contribution in [2.75, 3.05) is 26.9 Å². The van der Waals surface area contributed by atoms with Gasteiger partial charge in [0.2, 0.25) is 10.0 Å². The zero-order valence-electron chi connectivity index (χ0n) is 15.4. The lowest BCUT2D eigenvalue weighted by atomic mass is 10.2. The number of sulfonamides is 1. The van der Waals surface area contributed by atoms with Crippen LogP contribution in [0.25, 0.3) is 0 Å². The molecule has 2 aromatic rings. The number of nitrogens with one attached hydrogen (secondary N) is 2. The summed E-state index contributed by atoms with van der Waals surface area (Å²) in [5.74, 6) is -1.26. The van der Waals surface area contributed by atoms with Crippen LogP contribution in [-0.2, 0) is 30.8 Å². The molecule has 0 aromatic heterocycles. The number of hydrogen-bond acceptors (Lipinski definition) is 6. The molecule has 0 aliphatic rings. The summed E-state index contributed by atoms with van der Waals surface area (Å²) in [5.41, 5.74) is 0.841. The molecule has 0 aliphatic heterocycles. The molecule has 28 heavy (non-hydrogen) atoms. The first kappa shape index (κ1) is 21.5. The minimum atomic E-state index is -3.81. The summed E-state index contributed by atoms with van der Waals surface area (Å²) >= 11 is 0. The standard InChI is InChI=1S/C19H22N2O6S/c1-26-11-10-20-18(22)14-27-19(23)16-8-5-9-17(12-16)28(24,25)21-13-15-6-3-2-4-7-15/h2-9,12,21H,10-11,13-14H2,1H3,(H,20,22). The van der Waals surface area contributed by atoms with E-state index in [1.165, 1.54) is 31.4 Å². The molecule has 2 aromatic carbocycles. The molecular weight excluding hydrogens is 384 g/mol. The Bertz CT molecular complexity index is 900. The fourth-order valence-corrected chi connectivity index (χ4v) is 3.27. The summed E-state index contributed by atoms with van der Waals surface area (Å²) in [4.78, 5) is 23.6. The summed E-state index contributed by atoms with van der Waals surface area (Å²) in [7, 11) is -2.31. The van der Waals surface area contributed by atoms with E-state index in [4.69, 9.17) is 9.47 Å². The topological polar surface area (TPSA) is 111 Å². The smallest absolute Gasteiger partial charge is 0.338 e. The molecule has 0 unspecified atom stereocenters. The van der Waals surface area contributed by atoms with Gasteiger partial charge in [0.15, 0.2) is 6.61 Å². The zero-order valence-corrected chi connectivity index (χ0v) is 16.2. The van der Waals surface area contributed by atoms with Crippen molar-refractivity contribution in [1.82, 2.24) is 10.0 Å². The third-order valence-corrected chi connectivity index (χ3v) is 5.05. The van der Waals surface area contributed by atoms with Gasteiger partial charge in [0.1, 0.15) is 0 Å². The van der Waals surface area contributed by atoms with Crippen LogP contribution in [0.5, 0.6) is 0 Å². The Morgan fingerprint density at radius 3 is 2.50 bits per heavy atom. The lowest BCUT2D eigenvalue weighted by molar-refractivity contribution is -0.124. The predicted octanol–water partition coefficient (Wildman–Crippen LogP) is 1.08. The van der Waals surface area contributed by atoms with Crippen LogP contribution in [0.2, 0.25) is 0 Å². The van der Waals surface area contributed by atoms with E-state index in [1.807, 2.05) is 18.2 Å². The number of methoxy groups -OCH3 is 1. The van der Waals surface area contributed by atoms with Crippen molar-refractivity contribution in [3.8, 4) is 0 Å². The van der Waals surface area contributed by atoms with Crippen LogP contribution < -0.4 is 10.0 Å². The van der Waals surface area contributed by atoms with Gasteiger partial charge in [-0.2, -0.15) is 0 Å². The van der Waals surface area contributed by atoms with Crippen LogP contribution in [0.1, 0.15) is 15.9 Å². The molecule has 8 nitrogen and oxygen atoms in total. The van der Waals surface area contributed by atoms with Crippen molar-refractivity contribution in [3.63, 3.8) is 0 Å². The van der Waals surface area contributed by atoms with Crippen molar-refractivity contribution in [1.29, 1.82) is 0 Å². The van der Waals surface area contributed by atoms with Gasteiger partial charge >= 0.3 is 5.97 Å². The number of carbonyl (C=O) groups is 2. The first-order chi connectivity index (χ1) is 13.4. The first-order valence-electron chi connectivity index (χ1n) is 8.49. The fraction of sp³-hybridized carbons (Fsp3) is 0.263. The van der Waals surface area contributed by atoms with Crippen LogP contribution in [0.4, 0.5) is 0 Å². The Hall–Kier alpha value is -2.75. The fourth-order valence-electron chi connectivity index (χ4n) is 2.21. The molecule has 0 spiro atoms. The molecule has 1 amide bonds. The molecule has 9 heteroatoms. The third-order valence-electron chi connectivity index (χ3n) is 3.65. The normalized spacial score (nSPS) is 11.0. The van der Waals surface area contributed by atoms with E-state index < -0.39 is 28.5 Å². The Labute approximate surface area is 163 Å². The van der Waals surface area contributed by atoms with E-state index in [-0.39, 0.29) is 17.0 Å². The van der Waals surface area contributed by atoms with Gasteiger partial charge in [-0.05, 0) is 23.8 Å². The van der Waals surface area contributed by atoms with E-state index in [0.29, 0.717) is 13.2 Å². The van der Waals surface area contributed by atoms with Crippen molar-refractivity contribution in [3.05, 3.63) is 65.7 Å². The number of carbonyl (C=O) groups excluding carboxylic acids is 2. The van der Waals surface area contributed by atoms with E-state index in [2.05, 4.69) is 10.0 Å². The molecule has 0 radical (unpaired) electrons. The van der Waals surface area contributed by atoms with Crippen molar-refractivity contribution < 1.29 is 27.5 Å². The van der Waals surface area contributed by atoms with Crippen LogP contribution in [0.15, 0.2) is 59.5 Å². The van der Waals surface area contributed by atoms with Crippen molar-refractivity contribution >= 4 is 21.9 Å². The van der Waals surface area contributed by atoms with Gasteiger partial charge in [-0.15, -0.1) is 0 Å². The van der Waals surface area contributed by atoms with Crippen LogP contribution in [0.3, 0.4) is 0 Å². The minimum Gasteiger partial charge on any atom is -0.452 e. The van der Waals surface area contributed by atoms with Crippen LogP contribution >= 0.6 is 0 Å². The highest BCUT2D eigenvalue weighted by atomic mass is 32.2. The quantitative estimate of drug-likeness (QED) is 0.451. The predicted molar refractivity (Wildman–Crippen MR) is 102 cm³/mol. The van der Waals surface area contributed by atoms with Gasteiger partial charge in [0.25, 0.3) is 5.91 Å². The number of rotatable bonds is 10. The maximum Gasteiger partial charge on any atom is 0.338 e. The molecule has 0 aliphatic carbocycles. The highest BCUT2D eigenvalue weighted by Crippen LogP contribution is 2.13. The van der Waals surface area contributed by atoms with Gasteiger partial charge in [-0.3, -0.25) is 4.79 Å². The Morgan fingerprint density at radius 2 is 1.79 bits per heavy atom. The lowest BCUT2D eigenvalue weighted by Crippen LogP contribution is -2.31. The summed E-state index contributed by atoms with van der Waals surface area (Å²) in [5, 5.41) is 2.51. The first-order valence-corrected chi connectivity index (χ1v) is 9.97. The largest absolute Gasteiger partial charge is 0.452 e. The summed E-state index contributed by atoms with van der Waals surface area (Å²) < 4.78 is 37.1. The summed E-state index contributed by atoms with van der Waals surface area (Å²) in [6, 6.07) is 14.5. The van der Waals surface area contributed by atoms with Gasteiger partial charge in [-0.1, -0.05) is 36.4 Å². The highest BCUT2D eigenvalue weighted by Gasteiger charge is 2.17. The second-order valence-corrected chi connectivity index (χ2v) is 7.52. The zero-order chi connectivity index (χ0) is 20.4. The van der Waals surface area contributed by atoms with E-state index in [1.54, 1.807) is 12.1 Å². The SMILES string of the molecule is COCCNC(=O)COC(=O)c1cccc(S(=O)(=O)NCc2ccccc2)c1. The number of hydrogen-bond donors (Lipinski definition) is 2. The van der Waals surface area contributed by atoms with Crippen LogP contribution in [-0.4, -0.2) is 47.2 Å². The van der Waals surface area contributed by atoms with Crippen molar-refractivity contribution in [2.45, 2.75) is 11.4 Å². The van der Waals surface area contributed by atoms with Gasteiger partial charge in [-0.25, -0.2) is 17.9 Å². The average molecular weight is 406 g/mol. The van der Waals surface area contributed by atoms with Crippen LogP contribution in [0, 0.1) is 0 Å². The molecule has 0 bridgehead atoms. The monoisotopic (exact) mass is 406 g/mol. The minimum absolute atomic E-state index is 0.0345. The Balaban J connectivity index is 1.96. The molecule has 0 atom stereocenters. The highest BCUT2D eigenvalue weighted by molar-refractivity contribution is 7.89. The second-order valence-electron chi connectivity index (χ2n) is 5.76. The van der Waals surface area contributed by atoms with Gasteiger partial charge in [0.05, 0.1) is 17.1 Å². The number of amides is 1. The molecule has 0 fully saturated rings. The molecule has 0 saturated heterocycles. The molecule has 2 N–H and O–H groups in total. The summed E-state index contributed by atoms with van der Waals surface area (Å²) in [6.07, 6.45) is 0. The Morgan fingerprint density at radius 1 is 1.04 bits per heavy atom. The third kappa shape index (κ3) is 6.76. The Kier molecular flexibility index (Phi) is 8.12. The number of esters is 1. The molecular formula is C19H22N2O6S. The lowest BCUT2D eigenvalue weighted by Gasteiger charge is -2.09. The van der Waals surface area contributed by atoms with Gasteiger partial charge < -0.3 is 14.8 Å². The van der Waals surface area contributed by atoms with Gasteiger partial charge in [0, 0.05) is 20.2 Å². The maximum absolute atomic E-state index is 12.5. The second kappa shape index (κ2) is 10.5. The number of ether oxygens (including phenoxy) is 2. The molecule has 0 saturated carbocycles. The van der Waals surface area contributed by atoms with E-state index in [9.17, 15) is 18.0 Å². The van der Waals surface area contributed by atoms with E-state index >= 15 is 0 Å². The molecule has 0 heterocycles. The van der Waals surface area contributed by atoms with Crippen molar-refractivity contribution in [2.24, 2.45) is 0 Å². The number of benzene rings is 2. The molecule has 2 rings (SSSR count). The molecule has 150 valence electrons. The maximum atomic E-state index is 12.5. The summed E-state index contributed by atoms with van der Waals surface area (Å²) in [6.45, 7) is 0.300. The average Bonchev–Trinajstić information content (AvgIpc) is 2.71.